The van der Waals surface area contributed by atoms with Crippen molar-refractivity contribution in [3.63, 3.8) is 0 Å². The van der Waals surface area contributed by atoms with E-state index in [9.17, 15) is 4.79 Å². The summed E-state index contributed by atoms with van der Waals surface area (Å²) in [4.78, 5) is 11.1. The van der Waals surface area contributed by atoms with Crippen molar-refractivity contribution in [3.05, 3.63) is 30.0 Å². The van der Waals surface area contributed by atoms with Gasteiger partial charge in [-0.1, -0.05) is 25.5 Å². The molecule has 18 heavy (non-hydrogen) atoms. The lowest BCUT2D eigenvalue weighted by molar-refractivity contribution is 0.0687. The standard InChI is InChI=1S/C14H17NO3/c1-3-4-8-18-12-7-5-6-10-9-11(14(16)17)15(2)13(10)12/h5-7,9H,3-4,8H2,1-2H3,(H,16,17). The third kappa shape index (κ3) is 2.18. The second-order valence-corrected chi connectivity index (χ2v) is 4.29. The first-order valence-corrected chi connectivity index (χ1v) is 6.09. The molecular formula is C14H17NO3. The van der Waals surface area contributed by atoms with E-state index in [1.54, 1.807) is 17.7 Å². The minimum atomic E-state index is -0.923. The monoisotopic (exact) mass is 247 g/mol. The molecule has 0 bridgehead atoms. The molecule has 1 aromatic heterocycles. The smallest absolute Gasteiger partial charge is 0.352 e. The second-order valence-electron chi connectivity index (χ2n) is 4.29. The molecule has 0 aliphatic heterocycles. The molecular weight excluding hydrogens is 230 g/mol. The van der Waals surface area contributed by atoms with Gasteiger partial charge in [-0.3, -0.25) is 0 Å². The molecule has 4 heteroatoms. The van der Waals surface area contributed by atoms with Crippen LogP contribution in [0.4, 0.5) is 0 Å². The normalized spacial score (nSPS) is 10.8. The summed E-state index contributed by atoms with van der Waals surface area (Å²) >= 11 is 0. The van der Waals surface area contributed by atoms with E-state index >= 15 is 0 Å². The van der Waals surface area contributed by atoms with Crippen LogP contribution in [-0.4, -0.2) is 22.2 Å². The molecule has 4 nitrogen and oxygen atoms in total. The van der Waals surface area contributed by atoms with Crippen LogP contribution in [0.25, 0.3) is 10.9 Å². The summed E-state index contributed by atoms with van der Waals surface area (Å²) in [6.45, 7) is 2.76. The zero-order valence-corrected chi connectivity index (χ0v) is 10.6. The minimum Gasteiger partial charge on any atom is -0.491 e. The Kier molecular flexibility index (Phi) is 3.55. The topological polar surface area (TPSA) is 51.5 Å². The third-order valence-corrected chi connectivity index (χ3v) is 2.99. The molecule has 0 spiro atoms. The first-order valence-electron chi connectivity index (χ1n) is 6.09. The van der Waals surface area contributed by atoms with Crippen molar-refractivity contribution < 1.29 is 14.6 Å². The van der Waals surface area contributed by atoms with Gasteiger partial charge in [0.25, 0.3) is 0 Å². The van der Waals surface area contributed by atoms with E-state index in [-0.39, 0.29) is 5.69 Å². The Labute approximate surface area is 106 Å². The molecule has 0 saturated carbocycles. The highest BCUT2D eigenvalue weighted by atomic mass is 16.5. The number of hydrogen-bond donors (Lipinski definition) is 1. The number of unbranched alkanes of at least 4 members (excludes halogenated alkanes) is 1. The number of carboxylic acid groups (broad SMARTS) is 1. The Balaban J connectivity index is 2.44. The van der Waals surface area contributed by atoms with Crippen molar-refractivity contribution in [1.82, 2.24) is 4.57 Å². The Hall–Kier alpha value is -1.97. The van der Waals surface area contributed by atoms with E-state index < -0.39 is 5.97 Å². The number of fused-ring (bicyclic) bond motifs is 1. The molecule has 0 saturated heterocycles. The fourth-order valence-corrected chi connectivity index (χ4v) is 2.03. The van der Waals surface area contributed by atoms with Gasteiger partial charge in [-0.15, -0.1) is 0 Å². The zero-order valence-electron chi connectivity index (χ0n) is 10.6. The van der Waals surface area contributed by atoms with E-state index in [0.717, 1.165) is 29.5 Å². The summed E-state index contributed by atoms with van der Waals surface area (Å²) in [7, 11) is 1.75. The van der Waals surface area contributed by atoms with E-state index in [2.05, 4.69) is 6.92 Å². The number of ether oxygens (including phenoxy) is 1. The molecule has 0 aliphatic rings. The number of aryl methyl sites for hydroxylation is 1. The first kappa shape index (κ1) is 12.5. The van der Waals surface area contributed by atoms with Crippen molar-refractivity contribution in [2.45, 2.75) is 19.8 Å². The van der Waals surface area contributed by atoms with Crippen LogP contribution in [0.2, 0.25) is 0 Å². The van der Waals surface area contributed by atoms with Gasteiger partial charge in [-0.05, 0) is 18.6 Å². The van der Waals surface area contributed by atoms with Gasteiger partial charge in [0, 0.05) is 12.4 Å². The summed E-state index contributed by atoms with van der Waals surface area (Å²) < 4.78 is 7.39. The average molecular weight is 247 g/mol. The minimum absolute atomic E-state index is 0.275. The number of rotatable bonds is 5. The number of aromatic carboxylic acids is 1. The van der Waals surface area contributed by atoms with Crippen LogP contribution in [-0.2, 0) is 7.05 Å². The molecule has 1 N–H and O–H groups in total. The molecule has 0 fully saturated rings. The van der Waals surface area contributed by atoms with E-state index in [1.165, 1.54) is 0 Å². The summed E-state index contributed by atoms with van der Waals surface area (Å²) in [5.41, 5.74) is 1.11. The van der Waals surface area contributed by atoms with Crippen molar-refractivity contribution in [3.8, 4) is 5.75 Å². The highest BCUT2D eigenvalue weighted by Gasteiger charge is 2.14. The van der Waals surface area contributed by atoms with E-state index in [4.69, 9.17) is 9.84 Å². The van der Waals surface area contributed by atoms with Crippen LogP contribution >= 0.6 is 0 Å². The first-order chi connectivity index (χ1) is 8.65. The van der Waals surface area contributed by atoms with E-state index in [1.807, 2.05) is 18.2 Å². The Morgan fingerprint density at radius 2 is 2.22 bits per heavy atom. The molecule has 0 aliphatic carbocycles. The predicted octanol–water partition coefficient (Wildman–Crippen LogP) is 3.06. The zero-order chi connectivity index (χ0) is 13.1. The van der Waals surface area contributed by atoms with Crippen molar-refractivity contribution in [1.29, 1.82) is 0 Å². The summed E-state index contributed by atoms with van der Waals surface area (Å²) in [6.07, 6.45) is 2.07. The molecule has 1 aromatic carbocycles. The second kappa shape index (κ2) is 5.12. The predicted molar refractivity (Wildman–Crippen MR) is 70.3 cm³/mol. The molecule has 2 aromatic rings. The van der Waals surface area contributed by atoms with Gasteiger partial charge in [0.1, 0.15) is 11.4 Å². The summed E-state index contributed by atoms with van der Waals surface area (Å²) in [5, 5.41) is 10.0. The van der Waals surface area contributed by atoms with Crippen LogP contribution in [0, 0.1) is 0 Å². The molecule has 0 amide bonds. The van der Waals surface area contributed by atoms with Gasteiger partial charge in [-0.25, -0.2) is 4.79 Å². The summed E-state index contributed by atoms with van der Waals surface area (Å²) in [5.74, 6) is -0.177. The largest absolute Gasteiger partial charge is 0.491 e. The lowest BCUT2D eigenvalue weighted by Gasteiger charge is -2.08. The lowest BCUT2D eigenvalue weighted by Crippen LogP contribution is -2.05. The van der Waals surface area contributed by atoms with Crippen LogP contribution in [0.5, 0.6) is 5.75 Å². The van der Waals surface area contributed by atoms with Crippen LogP contribution in [0.15, 0.2) is 24.3 Å². The molecule has 0 radical (unpaired) electrons. The fraction of sp³-hybridized carbons (Fsp3) is 0.357. The number of hydrogen-bond acceptors (Lipinski definition) is 2. The fourth-order valence-electron chi connectivity index (χ4n) is 2.03. The molecule has 0 unspecified atom stereocenters. The Morgan fingerprint density at radius 3 is 2.89 bits per heavy atom. The maximum atomic E-state index is 11.1. The average Bonchev–Trinajstić information content (AvgIpc) is 2.68. The highest BCUT2D eigenvalue weighted by molar-refractivity contribution is 5.96. The van der Waals surface area contributed by atoms with E-state index in [0.29, 0.717) is 6.61 Å². The van der Waals surface area contributed by atoms with Crippen molar-refractivity contribution in [2.24, 2.45) is 7.05 Å². The van der Waals surface area contributed by atoms with Crippen molar-refractivity contribution >= 4 is 16.9 Å². The maximum absolute atomic E-state index is 11.1. The molecule has 1 heterocycles. The van der Waals surface area contributed by atoms with Crippen LogP contribution < -0.4 is 4.74 Å². The van der Waals surface area contributed by atoms with Gasteiger partial charge in [-0.2, -0.15) is 0 Å². The number of carbonyl (C=O) groups is 1. The number of para-hydroxylation sites is 1. The van der Waals surface area contributed by atoms with Gasteiger partial charge < -0.3 is 14.4 Å². The van der Waals surface area contributed by atoms with Crippen molar-refractivity contribution in [2.75, 3.05) is 6.61 Å². The summed E-state index contributed by atoms with van der Waals surface area (Å²) in [6, 6.07) is 7.33. The van der Waals surface area contributed by atoms with Gasteiger partial charge in [0.05, 0.1) is 12.1 Å². The number of nitrogens with zero attached hydrogens (tertiary/aromatic N) is 1. The number of aromatic nitrogens is 1. The Bertz CT molecular complexity index is 572. The van der Waals surface area contributed by atoms with Crippen LogP contribution in [0.1, 0.15) is 30.3 Å². The SMILES string of the molecule is CCCCOc1cccc2cc(C(=O)O)n(C)c12. The van der Waals surface area contributed by atoms with Gasteiger partial charge in [0.15, 0.2) is 0 Å². The number of carboxylic acids is 1. The maximum Gasteiger partial charge on any atom is 0.352 e. The Morgan fingerprint density at radius 1 is 1.44 bits per heavy atom. The molecule has 96 valence electrons. The third-order valence-electron chi connectivity index (χ3n) is 2.99. The molecule has 0 atom stereocenters. The van der Waals surface area contributed by atoms with Crippen LogP contribution in [0.3, 0.4) is 0 Å². The lowest BCUT2D eigenvalue weighted by atomic mass is 10.2. The highest BCUT2D eigenvalue weighted by Crippen LogP contribution is 2.28. The number of benzene rings is 1. The van der Waals surface area contributed by atoms with Gasteiger partial charge in [0.2, 0.25) is 0 Å². The molecule has 2 rings (SSSR count). The quantitative estimate of drug-likeness (QED) is 0.826. The van der Waals surface area contributed by atoms with Gasteiger partial charge >= 0.3 is 5.97 Å².